The van der Waals surface area contributed by atoms with Gasteiger partial charge in [-0.15, -0.1) is 10.2 Å². The Morgan fingerprint density at radius 1 is 1.14 bits per heavy atom. The number of carbonyl (C=O) groups is 1. The Morgan fingerprint density at radius 2 is 1.86 bits per heavy atom. The summed E-state index contributed by atoms with van der Waals surface area (Å²) < 4.78 is 7.12. The molecule has 0 bridgehead atoms. The van der Waals surface area contributed by atoms with E-state index >= 15 is 0 Å². The molecule has 1 aromatic heterocycles. The molecule has 6 nitrogen and oxygen atoms in total. The van der Waals surface area contributed by atoms with E-state index in [4.69, 9.17) is 4.74 Å². The Morgan fingerprint density at radius 3 is 2.54 bits per heavy atom. The zero-order valence-corrected chi connectivity index (χ0v) is 17.1. The van der Waals surface area contributed by atoms with E-state index in [-0.39, 0.29) is 11.9 Å². The summed E-state index contributed by atoms with van der Waals surface area (Å²) in [5.41, 5.74) is 2.21. The van der Waals surface area contributed by atoms with Crippen LogP contribution in [0.15, 0.2) is 59.8 Å². The molecular weight excluding hydrogens is 372 g/mol. The fourth-order valence-electron chi connectivity index (χ4n) is 2.79. The molecule has 0 saturated heterocycles. The highest BCUT2D eigenvalue weighted by Gasteiger charge is 2.14. The predicted molar refractivity (Wildman–Crippen MR) is 111 cm³/mol. The highest BCUT2D eigenvalue weighted by atomic mass is 32.2. The summed E-state index contributed by atoms with van der Waals surface area (Å²) in [4.78, 5) is 12.3. The second-order valence-corrected chi connectivity index (χ2v) is 7.41. The van der Waals surface area contributed by atoms with Crippen LogP contribution in [0, 0.1) is 0 Å². The van der Waals surface area contributed by atoms with E-state index in [0.29, 0.717) is 12.2 Å². The summed E-state index contributed by atoms with van der Waals surface area (Å²) in [5.74, 6) is 1.95. The van der Waals surface area contributed by atoms with Crippen molar-refractivity contribution in [2.45, 2.75) is 24.5 Å². The molecule has 7 heteroatoms. The minimum atomic E-state index is -0.0283. The van der Waals surface area contributed by atoms with Crippen molar-refractivity contribution in [2.75, 3.05) is 12.9 Å². The van der Waals surface area contributed by atoms with E-state index < -0.39 is 0 Å². The molecule has 3 aromatic rings. The van der Waals surface area contributed by atoms with Gasteiger partial charge in [0.2, 0.25) is 5.91 Å². The number of carbonyl (C=O) groups excluding carboxylic acids is 1. The molecule has 0 fully saturated rings. The van der Waals surface area contributed by atoms with Crippen molar-refractivity contribution >= 4 is 17.7 Å². The minimum absolute atomic E-state index is 0.0268. The van der Waals surface area contributed by atoms with Crippen LogP contribution < -0.4 is 10.1 Å². The molecule has 0 aliphatic carbocycles. The fourth-order valence-corrected chi connectivity index (χ4v) is 3.53. The Balaban J connectivity index is 1.54. The average Bonchev–Trinajstić information content (AvgIpc) is 3.07. The van der Waals surface area contributed by atoms with Crippen LogP contribution in [0.3, 0.4) is 0 Å². The summed E-state index contributed by atoms with van der Waals surface area (Å²) in [5, 5.41) is 12.2. The van der Waals surface area contributed by atoms with Gasteiger partial charge in [0.15, 0.2) is 5.16 Å². The van der Waals surface area contributed by atoms with Crippen LogP contribution >= 0.6 is 11.8 Å². The summed E-state index contributed by atoms with van der Waals surface area (Å²) in [7, 11) is 3.57. The number of nitrogens with zero attached hydrogens (tertiary/aromatic N) is 3. The molecule has 3 rings (SSSR count). The third-order valence-corrected chi connectivity index (χ3v) is 5.48. The molecule has 1 unspecified atom stereocenters. The van der Waals surface area contributed by atoms with Crippen LogP contribution in [-0.2, 0) is 18.3 Å². The quantitative estimate of drug-likeness (QED) is 0.591. The molecule has 0 saturated carbocycles. The third kappa shape index (κ3) is 5.13. The van der Waals surface area contributed by atoms with Gasteiger partial charge < -0.3 is 14.6 Å². The Kier molecular flexibility index (Phi) is 6.71. The van der Waals surface area contributed by atoms with Gasteiger partial charge in [-0.05, 0) is 30.2 Å². The van der Waals surface area contributed by atoms with Crippen molar-refractivity contribution in [3.63, 3.8) is 0 Å². The SMILES string of the molecule is COc1ccc(Cc2nnc(SCC(=O)NC(C)c3ccccc3)n2C)cc1. The number of rotatable bonds is 8. The maximum absolute atomic E-state index is 12.3. The number of hydrogen-bond donors (Lipinski definition) is 1. The summed E-state index contributed by atoms with van der Waals surface area (Å²) >= 11 is 1.39. The lowest BCUT2D eigenvalue weighted by atomic mass is 10.1. The minimum Gasteiger partial charge on any atom is -0.497 e. The smallest absolute Gasteiger partial charge is 0.230 e. The van der Waals surface area contributed by atoms with E-state index in [1.807, 2.05) is 73.1 Å². The molecule has 0 spiro atoms. The Labute approximate surface area is 169 Å². The van der Waals surface area contributed by atoms with Crippen molar-refractivity contribution in [1.82, 2.24) is 20.1 Å². The van der Waals surface area contributed by atoms with Crippen LogP contribution in [0.2, 0.25) is 0 Å². The first-order valence-corrected chi connectivity index (χ1v) is 10.0. The van der Waals surface area contributed by atoms with E-state index in [1.54, 1.807) is 7.11 Å². The standard InChI is InChI=1S/C21H24N4O2S/c1-15(17-7-5-4-6-8-17)22-20(26)14-28-21-24-23-19(25(21)2)13-16-9-11-18(27-3)12-10-16/h4-12,15H,13-14H2,1-3H3,(H,22,26). The van der Waals surface area contributed by atoms with Crippen molar-refractivity contribution in [3.05, 3.63) is 71.5 Å². The van der Waals surface area contributed by atoms with Crippen LogP contribution in [0.1, 0.15) is 29.9 Å². The molecule has 0 aliphatic rings. The van der Waals surface area contributed by atoms with Crippen LogP contribution in [-0.4, -0.2) is 33.5 Å². The van der Waals surface area contributed by atoms with Gasteiger partial charge in [0.05, 0.1) is 18.9 Å². The molecule has 28 heavy (non-hydrogen) atoms. The van der Waals surface area contributed by atoms with Crippen molar-refractivity contribution < 1.29 is 9.53 Å². The third-order valence-electron chi connectivity index (χ3n) is 4.46. The van der Waals surface area contributed by atoms with E-state index in [0.717, 1.165) is 27.9 Å². The number of thioether (sulfide) groups is 1. The zero-order chi connectivity index (χ0) is 19.9. The molecule has 2 aromatic carbocycles. The molecular formula is C21H24N4O2S. The lowest BCUT2D eigenvalue weighted by molar-refractivity contribution is -0.119. The van der Waals surface area contributed by atoms with Gasteiger partial charge in [0.1, 0.15) is 11.6 Å². The fraction of sp³-hybridized carbons (Fsp3) is 0.286. The lowest BCUT2D eigenvalue weighted by Crippen LogP contribution is -2.28. The average molecular weight is 397 g/mol. The number of benzene rings is 2. The number of nitrogens with one attached hydrogen (secondary N) is 1. The van der Waals surface area contributed by atoms with Gasteiger partial charge >= 0.3 is 0 Å². The second kappa shape index (κ2) is 9.41. The normalized spacial score (nSPS) is 11.8. The first-order valence-electron chi connectivity index (χ1n) is 9.05. The first kappa shape index (κ1) is 19.9. The Hall–Kier alpha value is -2.80. The largest absolute Gasteiger partial charge is 0.497 e. The van der Waals surface area contributed by atoms with Crippen molar-refractivity contribution in [2.24, 2.45) is 7.05 Å². The summed E-state index contributed by atoms with van der Waals surface area (Å²) in [6, 6.07) is 17.8. The molecule has 146 valence electrons. The van der Waals surface area contributed by atoms with Crippen molar-refractivity contribution in [1.29, 1.82) is 0 Å². The van der Waals surface area contributed by atoms with Gasteiger partial charge in [0.25, 0.3) is 0 Å². The zero-order valence-electron chi connectivity index (χ0n) is 16.3. The molecule has 1 N–H and O–H groups in total. The predicted octanol–water partition coefficient (Wildman–Crippen LogP) is 3.38. The van der Waals surface area contributed by atoms with E-state index in [2.05, 4.69) is 15.5 Å². The molecule has 1 atom stereocenters. The summed E-state index contributed by atoms with van der Waals surface area (Å²) in [6.45, 7) is 1.98. The van der Waals surface area contributed by atoms with E-state index in [1.165, 1.54) is 11.8 Å². The monoisotopic (exact) mass is 396 g/mol. The second-order valence-electron chi connectivity index (χ2n) is 6.47. The number of hydrogen-bond acceptors (Lipinski definition) is 5. The van der Waals surface area contributed by atoms with Gasteiger partial charge in [0, 0.05) is 13.5 Å². The highest BCUT2D eigenvalue weighted by molar-refractivity contribution is 7.99. The van der Waals surface area contributed by atoms with Gasteiger partial charge in [-0.1, -0.05) is 54.2 Å². The van der Waals surface area contributed by atoms with Gasteiger partial charge in [-0.2, -0.15) is 0 Å². The number of amides is 1. The van der Waals surface area contributed by atoms with Crippen LogP contribution in [0.25, 0.3) is 0 Å². The first-order chi connectivity index (χ1) is 13.6. The number of methoxy groups -OCH3 is 1. The molecule has 0 radical (unpaired) electrons. The Bertz CT molecular complexity index is 910. The number of ether oxygens (including phenoxy) is 1. The summed E-state index contributed by atoms with van der Waals surface area (Å²) in [6.07, 6.45) is 0.672. The maximum atomic E-state index is 12.3. The lowest BCUT2D eigenvalue weighted by Gasteiger charge is -2.14. The van der Waals surface area contributed by atoms with E-state index in [9.17, 15) is 4.79 Å². The molecule has 0 aliphatic heterocycles. The topological polar surface area (TPSA) is 69.0 Å². The number of aromatic nitrogens is 3. The molecule has 1 heterocycles. The van der Waals surface area contributed by atoms with Crippen LogP contribution in [0.4, 0.5) is 0 Å². The maximum Gasteiger partial charge on any atom is 0.230 e. The van der Waals surface area contributed by atoms with Crippen LogP contribution in [0.5, 0.6) is 5.75 Å². The van der Waals surface area contributed by atoms with Gasteiger partial charge in [-0.3, -0.25) is 4.79 Å². The highest BCUT2D eigenvalue weighted by Crippen LogP contribution is 2.19. The van der Waals surface area contributed by atoms with Crippen molar-refractivity contribution in [3.8, 4) is 5.75 Å². The van der Waals surface area contributed by atoms with Gasteiger partial charge in [-0.25, -0.2) is 0 Å². The molecule has 1 amide bonds.